The van der Waals surface area contributed by atoms with Crippen LogP contribution in [-0.2, 0) is 29.1 Å². The van der Waals surface area contributed by atoms with Crippen molar-refractivity contribution in [1.82, 2.24) is 0 Å². The second kappa shape index (κ2) is 10.5. The molecule has 1 N–H and O–H groups in total. The molecular weight excluding hydrogens is 404 g/mol. The molecule has 0 aliphatic carbocycles. The predicted octanol–water partition coefficient (Wildman–Crippen LogP) is 5.91. The average molecular weight is 431 g/mol. The van der Waals surface area contributed by atoms with Crippen LogP contribution in [0.15, 0.2) is 78.9 Å². The summed E-state index contributed by atoms with van der Waals surface area (Å²) in [7, 11) is 0. The molecule has 0 atom stereocenters. The third-order valence-corrected chi connectivity index (χ3v) is 5.34. The van der Waals surface area contributed by atoms with E-state index >= 15 is 0 Å². The summed E-state index contributed by atoms with van der Waals surface area (Å²) >= 11 is 0. The zero-order chi connectivity index (χ0) is 22.2. The third-order valence-electron chi connectivity index (χ3n) is 5.34. The standard InChI is InChI=1S/C26H26N2O4/c29-25(31-18-20-9-3-1-4-10-20)27-23-15-14-22-13-7-8-16-28(24(22)17-23)26(30)32-19-21-11-5-2-6-12-21/h1-6,9-12,14-15,17H,7-8,13,16,18-19H2,(H,27,29). The van der Waals surface area contributed by atoms with Crippen LogP contribution in [0.4, 0.5) is 21.0 Å². The van der Waals surface area contributed by atoms with Gasteiger partial charge in [-0.25, -0.2) is 9.59 Å². The fraction of sp³-hybridized carbons (Fsp3) is 0.231. The number of rotatable bonds is 5. The van der Waals surface area contributed by atoms with Gasteiger partial charge in [0.05, 0.1) is 5.69 Å². The molecule has 1 heterocycles. The minimum atomic E-state index is -0.541. The van der Waals surface area contributed by atoms with E-state index in [-0.39, 0.29) is 19.3 Å². The van der Waals surface area contributed by atoms with E-state index < -0.39 is 6.09 Å². The van der Waals surface area contributed by atoms with Gasteiger partial charge in [0.1, 0.15) is 13.2 Å². The first-order valence-corrected chi connectivity index (χ1v) is 10.8. The summed E-state index contributed by atoms with van der Waals surface area (Å²) in [5, 5.41) is 2.76. The van der Waals surface area contributed by atoms with Crippen molar-refractivity contribution in [2.45, 2.75) is 32.5 Å². The molecule has 1 aliphatic rings. The fourth-order valence-electron chi connectivity index (χ4n) is 3.67. The summed E-state index contributed by atoms with van der Waals surface area (Å²) in [5.41, 5.74) is 4.25. The van der Waals surface area contributed by atoms with Crippen molar-refractivity contribution < 1.29 is 19.1 Å². The van der Waals surface area contributed by atoms with E-state index in [9.17, 15) is 9.59 Å². The van der Waals surface area contributed by atoms with Crippen LogP contribution in [0.25, 0.3) is 0 Å². The first-order valence-electron chi connectivity index (χ1n) is 10.8. The van der Waals surface area contributed by atoms with E-state index in [4.69, 9.17) is 9.47 Å². The van der Waals surface area contributed by atoms with Crippen LogP contribution < -0.4 is 10.2 Å². The lowest BCUT2D eigenvalue weighted by Crippen LogP contribution is -2.32. The van der Waals surface area contributed by atoms with E-state index in [1.807, 2.05) is 78.9 Å². The molecule has 6 heteroatoms. The minimum Gasteiger partial charge on any atom is -0.444 e. The van der Waals surface area contributed by atoms with Gasteiger partial charge in [0.25, 0.3) is 0 Å². The molecule has 0 saturated heterocycles. The maximum absolute atomic E-state index is 12.9. The number of carbonyl (C=O) groups excluding carboxylic acids is 2. The number of aryl methyl sites for hydroxylation is 1. The number of hydrogen-bond donors (Lipinski definition) is 1. The van der Waals surface area contributed by atoms with Crippen molar-refractivity contribution in [3.05, 3.63) is 95.6 Å². The van der Waals surface area contributed by atoms with Crippen LogP contribution in [0.3, 0.4) is 0 Å². The van der Waals surface area contributed by atoms with Gasteiger partial charge in [-0.3, -0.25) is 10.2 Å². The van der Waals surface area contributed by atoms with Crippen LogP contribution in [0, 0.1) is 0 Å². The highest BCUT2D eigenvalue weighted by Crippen LogP contribution is 2.30. The number of anilines is 2. The van der Waals surface area contributed by atoms with Crippen LogP contribution in [0.5, 0.6) is 0 Å². The average Bonchev–Trinajstić information content (AvgIpc) is 3.05. The maximum Gasteiger partial charge on any atom is 0.414 e. The molecule has 1 aliphatic heterocycles. The summed E-state index contributed by atoms with van der Waals surface area (Å²) in [6.07, 6.45) is 1.82. The second-order valence-electron chi connectivity index (χ2n) is 7.68. The number of nitrogens with one attached hydrogen (secondary N) is 1. The molecule has 0 radical (unpaired) electrons. The van der Waals surface area contributed by atoms with Gasteiger partial charge < -0.3 is 9.47 Å². The number of benzene rings is 3. The van der Waals surface area contributed by atoms with E-state index in [0.29, 0.717) is 12.2 Å². The maximum atomic E-state index is 12.9. The number of fused-ring (bicyclic) bond motifs is 1. The van der Waals surface area contributed by atoms with Crippen molar-refractivity contribution in [2.75, 3.05) is 16.8 Å². The van der Waals surface area contributed by atoms with Crippen molar-refractivity contribution in [3.63, 3.8) is 0 Å². The highest BCUT2D eigenvalue weighted by atomic mass is 16.6. The summed E-state index contributed by atoms with van der Waals surface area (Å²) in [6.45, 7) is 0.980. The highest BCUT2D eigenvalue weighted by molar-refractivity contribution is 5.91. The van der Waals surface area contributed by atoms with Gasteiger partial charge in [0.15, 0.2) is 0 Å². The molecule has 3 aromatic rings. The molecule has 2 amide bonds. The number of amides is 2. The number of ether oxygens (including phenoxy) is 2. The van der Waals surface area contributed by atoms with Crippen molar-refractivity contribution in [1.29, 1.82) is 0 Å². The molecule has 3 aromatic carbocycles. The van der Waals surface area contributed by atoms with Crippen molar-refractivity contribution >= 4 is 23.6 Å². The van der Waals surface area contributed by atoms with Crippen LogP contribution in [0.1, 0.15) is 29.5 Å². The zero-order valence-corrected chi connectivity index (χ0v) is 17.8. The van der Waals surface area contributed by atoms with E-state index in [2.05, 4.69) is 5.32 Å². The molecule has 0 bridgehead atoms. The highest BCUT2D eigenvalue weighted by Gasteiger charge is 2.23. The molecule has 6 nitrogen and oxygen atoms in total. The molecule has 4 rings (SSSR count). The summed E-state index contributed by atoms with van der Waals surface area (Å²) in [6, 6.07) is 24.7. The molecule has 0 fully saturated rings. The Balaban J connectivity index is 1.42. The summed E-state index contributed by atoms with van der Waals surface area (Å²) < 4.78 is 10.9. The Morgan fingerprint density at radius 2 is 1.47 bits per heavy atom. The molecule has 0 spiro atoms. The minimum absolute atomic E-state index is 0.190. The Labute approximate surface area is 187 Å². The smallest absolute Gasteiger partial charge is 0.414 e. The summed E-state index contributed by atoms with van der Waals surface area (Å²) in [4.78, 5) is 26.8. The normalized spacial score (nSPS) is 12.9. The summed E-state index contributed by atoms with van der Waals surface area (Å²) in [5.74, 6) is 0. The van der Waals surface area contributed by atoms with Gasteiger partial charge in [0.2, 0.25) is 0 Å². The van der Waals surface area contributed by atoms with Gasteiger partial charge in [-0.05, 0) is 48.1 Å². The van der Waals surface area contributed by atoms with Gasteiger partial charge in [-0.2, -0.15) is 0 Å². The first-order chi connectivity index (χ1) is 15.7. The lowest BCUT2D eigenvalue weighted by molar-refractivity contribution is 0.147. The number of hydrogen-bond acceptors (Lipinski definition) is 4. The SMILES string of the molecule is O=C(Nc1ccc2c(c1)N(C(=O)OCc1ccccc1)CCCC2)OCc1ccccc1. The largest absolute Gasteiger partial charge is 0.444 e. The predicted molar refractivity (Wildman–Crippen MR) is 124 cm³/mol. The monoisotopic (exact) mass is 430 g/mol. The Morgan fingerprint density at radius 1 is 0.812 bits per heavy atom. The molecule has 0 unspecified atom stereocenters. The van der Waals surface area contributed by atoms with E-state index in [0.717, 1.165) is 41.6 Å². The number of carbonyl (C=O) groups is 2. The molecule has 32 heavy (non-hydrogen) atoms. The molecule has 0 aromatic heterocycles. The second-order valence-corrected chi connectivity index (χ2v) is 7.68. The topological polar surface area (TPSA) is 67.9 Å². The fourth-order valence-corrected chi connectivity index (χ4v) is 3.67. The lowest BCUT2D eigenvalue weighted by atomic mass is 10.1. The Kier molecular flexibility index (Phi) is 7.02. The van der Waals surface area contributed by atoms with Crippen LogP contribution >= 0.6 is 0 Å². The van der Waals surface area contributed by atoms with E-state index in [1.165, 1.54) is 0 Å². The van der Waals surface area contributed by atoms with Gasteiger partial charge in [-0.15, -0.1) is 0 Å². The van der Waals surface area contributed by atoms with Gasteiger partial charge >= 0.3 is 12.2 Å². The van der Waals surface area contributed by atoms with Crippen molar-refractivity contribution in [3.8, 4) is 0 Å². The number of nitrogens with zero attached hydrogens (tertiary/aromatic N) is 1. The van der Waals surface area contributed by atoms with Crippen molar-refractivity contribution in [2.24, 2.45) is 0 Å². The van der Waals surface area contributed by atoms with E-state index in [1.54, 1.807) is 4.90 Å². The van der Waals surface area contributed by atoms with Gasteiger partial charge in [0, 0.05) is 12.2 Å². The quantitative estimate of drug-likeness (QED) is 0.546. The third kappa shape index (κ3) is 5.66. The molecule has 164 valence electrons. The first kappa shape index (κ1) is 21.4. The van der Waals surface area contributed by atoms with Gasteiger partial charge in [-0.1, -0.05) is 66.7 Å². The molecular formula is C26H26N2O4. The molecule has 0 saturated carbocycles. The Bertz CT molecular complexity index is 1050. The van der Waals surface area contributed by atoms with Crippen LogP contribution in [0.2, 0.25) is 0 Å². The Hall–Kier alpha value is -3.80. The lowest BCUT2D eigenvalue weighted by Gasteiger charge is -2.23. The zero-order valence-electron chi connectivity index (χ0n) is 17.8. The Morgan fingerprint density at radius 3 is 2.16 bits per heavy atom. The van der Waals surface area contributed by atoms with Crippen LogP contribution in [-0.4, -0.2) is 18.7 Å².